The highest BCUT2D eigenvalue weighted by molar-refractivity contribution is 6.31. The molecule has 1 aliphatic rings. The van der Waals surface area contributed by atoms with E-state index < -0.39 is 0 Å². The average Bonchev–Trinajstić information content (AvgIpc) is 2.92. The zero-order chi connectivity index (χ0) is 17.4. The molecule has 2 heterocycles. The van der Waals surface area contributed by atoms with Gasteiger partial charge in [0.15, 0.2) is 0 Å². The molecule has 2 aromatic carbocycles. The van der Waals surface area contributed by atoms with Crippen LogP contribution in [0, 0.1) is 12.0 Å². The monoisotopic (exact) mass is 350 g/mol. The summed E-state index contributed by atoms with van der Waals surface area (Å²) in [6, 6.07) is 17.2. The van der Waals surface area contributed by atoms with Gasteiger partial charge in [-0.25, -0.2) is 0 Å². The topological polar surface area (TPSA) is 17.4 Å². The number of benzene rings is 2. The van der Waals surface area contributed by atoms with E-state index >= 15 is 0 Å². The second-order valence-electron chi connectivity index (χ2n) is 6.38. The molecule has 0 spiro atoms. The Kier molecular flexibility index (Phi) is 4.17. The Bertz CT molecular complexity index is 993. The molecule has 4 rings (SSSR count). The molecule has 0 unspecified atom stereocenters. The molecule has 0 bridgehead atoms. The van der Waals surface area contributed by atoms with E-state index in [9.17, 15) is 0 Å². The van der Waals surface area contributed by atoms with Gasteiger partial charge in [-0.1, -0.05) is 11.6 Å². The third-order valence-electron chi connectivity index (χ3n) is 4.71. The van der Waals surface area contributed by atoms with E-state index in [0.29, 0.717) is 0 Å². The minimum atomic E-state index is 0.773. The first kappa shape index (κ1) is 16.1. The number of hydrogen-bond acceptors (Lipinski definition) is 2. The van der Waals surface area contributed by atoms with Gasteiger partial charge in [0.1, 0.15) is 5.75 Å². The number of nitrogens with zero attached hydrogens (tertiary/aromatic N) is 2. The number of fused-ring (bicyclic) bond motifs is 3. The van der Waals surface area contributed by atoms with E-state index in [2.05, 4.69) is 40.6 Å². The molecular formula is C21H19ClN2O. The lowest BCUT2D eigenvalue weighted by Gasteiger charge is -2.23. The van der Waals surface area contributed by atoms with Crippen molar-refractivity contribution in [1.82, 2.24) is 9.47 Å². The van der Waals surface area contributed by atoms with Crippen molar-refractivity contribution in [3.63, 3.8) is 0 Å². The fourth-order valence-electron chi connectivity index (χ4n) is 3.39. The molecule has 3 nitrogen and oxygen atoms in total. The van der Waals surface area contributed by atoms with Crippen LogP contribution >= 0.6 is 11.6 Å². The van der Waals surface area contributed by atoms with Gasteiger partial charge in [-0.05, 0) is 67.4 Å². The summed E-state index contributed by atoms with van der Waals surface area (Å²) >= 11 is 6.23. The van der Waals surface area contributed by atoms with Crippen LogP contribution in [0.25, 0.3) is 10.9 Å². The van der Waals surface area contributed by atoms with Crippen LogP contribution in [0.1, 0.15) is 16.8 Å². The van der Waals surface area contributed by atoms with E-state index in [1.165, 1.54) is 16.6 Å². The number of ether oxygens (including phenoxy) is 1. The first-order valence-corrected chi connectivity index (χ1v) is 8.70. The third-order valence-corrected chi connectivity index (χ3v) is 4.94. The molecule has 0 N–H and O–H groups in total. The van der Waals surface area contributed by atoms with Crippen LogP contribution in [-0.4, -0.2) is 30.2 Å². The van der Waals surface area contributed by atoms with Gasteiger partial charge in [0, 0.05) is 40.8 Å². The fraction of sp³-hybridized carbons (Fsp3) is 0.238. The lowest BCUT2D eigenvalue weighted by molar-refractivity contribution is 0.308. The van der Waals surface area contributed by atoms with Gasteiger partial charge in [0.05, 0.1) is 12.6 Å². The summed E-state index contributed by atoms with van der Waals surface area (Å²) in [7, 11) is 3.81. The maximum atomic E-state index is 6.23. The van der Waals surface area contributed by atoms with Crippen molar-refractivity contribution in [3.05, 3.63) is 64.3 Å². The van der Waals surface area contributed by atoms with Crippen molar-refractivity contribution < 1.29 is 4.74 Å². The van der Waals surface area contributed by atoms with E-state index in [0.717, 1.165) is 41.4 Å². The predicted octanol–water partition coefficient (Wildman–Crippen LogP) is 4.15. The molecule has 0 saturated carbocycles. The van der Waals surface area contributed by atoms with Crippen molar-refractivity contribution in [3.8, 4) is 17.7 Å². The Hall–Kier alpha value is -2.41. The van der Waals surface area contributed by atoms with E-state index in [4.69, 9.17) is 16.3 Å². The van der Waals surface area contributed by atoms with Gasteiger partial charge in [0.2, 0.25) is 0 Å². The van der Waals surface area contributed by atoms with E-state index in [1.54, 1.807) is 7.11 Å². The molecule has 1 aliphatic heterocycles. The van der Waals surface area contributed by atoms with Crippen LogP contribution < -0.4 is 4.74 Å². The van der Waals surface area contributed by atoms with E-state index in [1.807, 2.05) is 30.3 Å². The zero-order valence-electron chi connectivity index (χ0n) is 14.3. The number of likely N-dealkylation sites (N-methyl/N-ethyl adjacent to an activating group) is 1. The normalized spacial score (nSPS) is 14.0. The molecule has 0 aliphatic carbocycles. The van der Waals surface area contributed by atoms with Gasteiger partial charge in [-0.2, -0.15) is 0 Å². The first-order valence-electron chi connectivity index (χ1n) is 8.32. The van der Waals surface area contributed by atoms with Crippen molar-refractivity contribution in [2.45, 2.75) is 13.0 Å². The van der Waals surface area contributed by atoms with Crippen molar-refractivity contribution in [2.75, 3.05) is 20.7 Å². The van der Waals surface area contributed by atoms with Crippen molar-refractivity contribution in [1.29, 1.82) is 0 Å². The molecule has 3 aromatic rings. The molecule has 4 heteroatoms. The van der Waals surface area contributed by atoms with Gasteiger partial charge >= 0.3 is 0 Å². The van der Waals surface area contributed by atoms with Crippen LogP contribution in [0.3, 0.4) is 0 Å². The summed E-state index contributed by atoms with van der Waals surface area (Å²) < 4.78 is 7.33. The largest absolute Gasteiger partial charge is 0.497 e. The SMILES string of the molecule is COc1ccc(C#Cn2c3c(c4cc(Cl)ccc42)CCN(C)C3)cc1. The number of methoxy groups -OCH3 is 1. The summed E-state index contributed by atoms with van der Waals surface area (Å²) in [6.45, 7) is 1.96. The second-order valence-corrected chi connectivity index (χ2v) is 6.81. The number of aromatic nitrogens is 1. The maximum absolute atomic E-state index is 6.23. The molecule has 126 valence electrons. The summed E-state index contributed by atoms with van der Waals surface area (Å²) in [5.74, 6) is 4.11. The standard InChI is InChI=1S/C21H19ClN2O/c1-23-11-10-18-19-13-16(22)5-8-20(19)24(21(18)14-23)12-9-15-3-6-17(25-2)7-4-15/h3-8,13H,10-11,14H2,1-2H3. The summed E-state index contributed by atoms with van der Waals surface area (Å²) in [4.78, 5) is 2.33. The maximum Gasteiger partial charge on any atom is 0.118 e. The van der Waals surface area contributed by atoms with Crippen molar-refractivity contribution >= 4 is 22.5 Å². The minimum absolute atomic E-state index is 0.773. The first-order chi connectivity index (χ1) is 12.2. The average molecular weight is 351 g/mol. The second kappa shape index (κ2) is 6.48. The Morgan fingerprint density at radius 2 is 1.92 bits per heavy atom. The lowest BCUT2D eigenvalue weighted by atomic mass is 10.0. The van der Waals surface area contributed by atoms with Crippen LogP contribution in [0.2, 0.25) is 5.02 Å². The highest BCUT2D eigenvalue weighted by Crippen LogP contribution is 2.31. The van der Waals surface area contributed by atoms with Gasteiger partial charge < -0.3 is 9.64 Å². The molecule has 0 fully saturated rings. The Morgan fingerprint density at radius 3 is 2.68 bits per heavy atom. The Balaban J connectivity index is 1.84. The molecule has 0 atom stereocenters. The van der Waals surface area contributed by atoms with Gasteiger partial charge in [-0.15, -0.1) is 0 Å². The third kappa shape index (κ3) is 3.00. The van der Waals surface area contributed by atoms with Gasteiger partial charge in [-0.3, -0.25) is 4.57 Å². The van der Waals surface area contributed by atoms with E-state index in [-0.39, 0.29) is 0 Å². The van der Waals surface area contributed by atoms with Crippen LogP contribution in [-0.2, 0) is 13.0 Å². The molecule has 0 radical (unpaired) electrons. The van der Waals surface area contributed by atoms with Crippen LogP contribution in [0.5, 0.6) is 5.75 Å². The highest BCUT2D eigenvalue weighted by atomic mass is 35.5. The Labute approximate surface area is 152 Å². The molecule has 0 amide bonds. The highest BCUT2D eigenvalue weighted by Gasteiger charge is 2.22. The minimum Gasteiger partial charge on any atom is -0.497 e. The smallest absolute Gasteiger partial charge is 0.118 e. The van der Waals surface area contributed by atoms with Gasteiger partial charge in [0.25, 0.3) is 0 Å². The van der Waals surface area contributed by atoms with Crippen LogP contribution in [0.15, 0.2) is 42.5 Å². The number of rotatable bonds is 1. The summed E-state index contributed by atoms with van der Waals surface area (Å²) in [5.41, 5.74) is 4.74. The summed E-state index contributed by atoms with van der Waals surface area (Å²) in [6.07, 6.45) is 1.03. The molecular weight excluding hydrogens is 332 g/mol. The lowest BCUT2D eigenvalue weighted by Crippen LogP contribution is -2.27. The quantitative estimate of drug-likeness (QED) is 0.613. The number of halogens is 1. The van der Waals surface area contributed by atoms with Crippen molar-refractivity contribution in [2.24, 2.45) is 0 Å². The van der Waals surface area contributed by atoms with Crippen LogP contribution in [0.4, 0.5) is 0 Å². The molecule has 0 saturated heterocycles. The number of hydrogen-bond donors (Lipinski definition) is 0. The Morgan fingerprint density at radius 1 is 1.12 bits per heavy atom. The predicted molar refractivity (Wildman–Crippen MR) is 102 cm³/mol. The fourth-order valence-corrected chi connectivity index (χ4v) is 3.56. The summed E-state index contributed by atoms with van der Waals surface area (Å²) in [5, 5.41) is 1.99. The molecule has 25 heavy (non-hydrogen) atoms. The zero-order valence-corrected chi connectivity index (χ0v) is 15.1. The molecule has 1 aromatic heterocycles.